The predicted octanol–water partition coefficient (Wildman–Crippen LogP) is 3.13. The van der Waals surface area contributed by atoms with E-state index in [0.29, 0.717) is 0 Å². The number of nitrogens with zero attached hydrogens (tertiary/aromatic N) is 2. The van der Waals surface area contributed by atoms with Crippen LogP contribution in [0.3, 0.4) is 0 Å². The Morgan fingerprint density at radius 1 is 0.905 bits per heavy atom. The van der Waals surface area contributed by atoms with Crippen LogP contribution in [0.2, 0.25) is 0 Å². The minimum Gasteiger partial charge on any atom is -0.396 e. The van der Waals surface area contributed by atoms with Crippen molar-refractivity contribution in [1.82, 2.24) is 9.97 Å². The maximum atomic E-state index is 8.79. The molecule has 5 heteroatoms. The van der Waals surface area contributed by atoms with E-state index in [1.807, 2.05) is 0 Å². The molecule has 0 aliphatic heterocycles. The van der Waals surface area contributed by atoms with Crippen molar-refractivity contribution in [2.75, 3.05) is 30.3 Å². The van der Waals surface area contributed by atoms with Crippen LogP contribution in [0.25, 0.3) is 0 Å². The zero-order valence-corrected chi connectivity index (χ0v) is 13.7. The molecule has 0 atom stereocenters. The van der Waals surface area contributed by atoms with Crippen molar-refractivity contribution in [2.45, 2.75) is 59.3 Å². The molecule has 1 aromatic rings. The van der Waals surface area contributed by atoms with E-state index in [9.17, 15) is 0 Å². The van der Waals surface area contributed by atoms with Crippen molar-refractivity contribution in [3.63, 3.8) is 0 Å². The second kappa shape index (κ2) is 10.4. The number of aryl methyl sites for hydroxylation is 1. The van der Waals surface area contributed by atoms with Crippen molar-refractivity contribution in [3.8, 4) is 0 Å². The summed E-state index contributed by atoms with van der Waals surface area (Å²) in [5.74, 6) is 2.80. The van der Waals surface area contributed by atoms with E-state index >= 15 is 0 Å². The number of hydrogen-bond acceptors (Lipinski definition) is 5. The summed E-state index contributed by atoms with van der Waals surface area (Å²) in [7, 11) is 0. The predicted molar refractivity (Wildman–Crippen MR) is 89.0 cm³/mol. The fourth-order valence-corrected chi connectivity index (χ4v) is 2.11. The van der Waals surface area contributed by atoms with E-state index in [4.69, 9.17) is 5.11 Å². The number of aliphatic hydroxyl groups is 1. The van der Waals surface area contributed by atoms with Crippen LogP contribution in [0.1, 0.15) is 57.3 Å². The van der Waals surface area contributed by atoms with E-state index in [1.165, 1.54) is 0 Å². The molecular formula is C16H30N4O. The number of rotatable bonds is 11. The lowest BCUT2D eigenvalue weighted by atomic mass is 10.2. The molecule has 1 aromatic heterocycles. The molecule has 0 saturated carbocycles. The standard InChI is InChI=1S/C16H30N4O/c1-4-9-14-19-15(17-10-5-2)13(3)16(20-14)18-11-7-6-8-12-21/h21H,4-12H2,1-3H3,(H2,17,18,19,20). The molecule has 0 aliphatic rings. The lowest BCUT2D eigenvalue weighted by molar-refractivity contribution is 0.283. The minimum absolute atomic E-state index is 0.276. The molecule has 0 spiro atoms. The SMILES string of the molecule is CCCNc1nc(CCC)nc(NCCCCCO)c1C. The van der Waals surface area contributed by atoms with Crippen molar-refractivity contribution < 1.29 is 5.11 Å². The van der Waals surface area contributed by atoms with Crippen molar-refractivity contribution in [2.24, 2.45) is 0 Å². The summed E-state index contributed by atoms with van der Waals surface area (Å²) in [5, 5.41) is 15.6. The van der Waals surface area contributed by atoms with E-state index in [2.05, 4.69) is 41.4 Å². The number of aliphatic hydroxyl groups excluding tert-OH is 1. The first-order chi connectivity index (χ1) is 10.2. The molecule has 0 aromatic carbocycles. The highest BCUT2D eigenvalue weighted by Gasteiger charge is 2.10. The summed E-state index contributed by atoms with van der Waals surface area (Å²) in [5.41, 5.74) is 1.09. The molecule has 1 heterocycles. The summed E-state index contributed by atoms with van der Waals surface area (Å²) in [6, 6.07) is 0. The summed E-state index contributed by atoms with van der Waals surface area (Å²) in [6.45, 7) is 8.44. The third kappa shape index (κ3) is 6.29. The highest BCUT2D eigenvalue weighted by molar-refractivity contribution is 5.57. The molecule has 0 fully saturated rings. The highest BCUT2D eigenvalue weighted by Crippen LogP contribution is 2.20. The van der Waals surface area contributed by atoms with Gasteiger partial charge in [0.15, 0.2) is 0 Å². The first-order valence-corrected chi connectivity index (χ1v) is 8.19. The Labute approximate surface area is 128 Å². The van der Waals surface area contributed by atoms with Crippen LogP contribution >= 0.6 is 0 Å². The second-order valence-electron chi connectivity index (χ2n) is 5.35. The molecule has 3 N–H and O–H groups in total. The van der Waals surface area contributed by atoms with E-state index in [0.717, 1.165) is 74.6 Å². The zero-order valence-electron chi connectivity index (χ0n) is 13.7. The smallest absolute Gasteiger partial charge is 0.134 e. The highest BCUT2D eigenvalue weighted by atomic mass is 16.2. The summed E-state index contributed by atoms with van der Waals surface area (Å²) in [4.78, 5) is 9.26. The van der Waals surface area contributed by atoms with Gasteiger partial charge in [0.25, 0.3) is 0 Å². The zero-order chi connectivity index (χ0) is 15.5. The van der Waals surface area contributed by atoms with Crippen LogP contribution < -0.4 is 10.6 Å². The molecule has 0 bridgehead atoms. The first kappa shape index (κ1) is 17.7. The second-order valence-corrected chi connectivity index (χ2v) is 5.35. The van der Waals surface area contributed by atoms with Gasteiger partial charge in [-0.25, -0.2) is 9.97 Å². The average Bonchev–Trinajstić information content (AvgIpc) is 2.48. The summed E-state index contributed by atoms with van der Waals surface area (Å²) >= 11 is 0. The molecule has 5 nitrogen and oxygen atoms in total. The van der Waals surface area contributed by atoms with Gasteiger partial charge < -0.3 is 15.7 Å². The Hall–Kier alpha value is -1.36. The topological polar surface area (TPSA) is 70.1 Å². The van der Waals surface area contributed by atoms with Gasteiger partial charge in [-0.2, -0.15) is 0 Å². The molecular weight excluding hydrogens is 264 g/mol. The van der Waals surface area contributed by atoms with Gasteiger partial charge in [-0.05, 0) is 39.0 Å². The van der Waals surface area contributed by atoms with Crippen LogP contribution in [0.5, 0.6) is 0 Å². The number of unbranched alkanes of at least 4 members (excludes halogenated alkanes) is 2. The normalized spacial score (nSPS) is 10.7. The molecule has 21 heavy (non-hydrogen) atoms. The van der Waals surface area contributed by atoms with E-state index in [1.54, 1.807) is 0 Å². The number of hydrogen-bond donors (Lipinski definition) is 3. The number of aromatic nitrogens is 2. The maximum absolute atomic E-state index is 8.79. The molecule has 120 valence electrons. The van der Waals surface area contributed by atoms with Gasteiger partial charge in [0.05, 0.1) is 0 Å². The fourth-order valence-electron chi connectivity index (χ4n) is 2.11. The Kier molecular flexibility index (Phi) is 8.74. The largest absolute Gasteiger partial charge is 0.396 e. The average molecular weight is 294 g/mol. The molecule has 0 unspecified atom stereocenters. The summed E-state index contributed by atoms with van der Waals surface area (Å²) < 4.78 is 0. The molecule has 0 radical (unpaired) electrons. The monoisotopic (exact) mass is 294 g/mol. The third-order valence-corrected chi connectivity index (χ3v) is 3.34. The number of nitrogens with one attached hydrogen (secondary N) is 2. The van der Waals surface area contributed by atoms with E-state index in [-0.39, 0.29) is 6.61 Å². The molecule has 1 rings (SSSR count). The fraction of sp³-hybridized carbons (Fsp3) is 0.750. The first-order valence-electron chi connectivity index (χ1n) is 8.19. The Bertz CT molecular complexity index is 410. The van der Waals surface area contributed by atoms with Gasteiger partial charge in [-0.15, -0.1) is 0 Å². The van der Waals surface area contributed by atoms with Crippen LogP contribution in [0.4, 0.5) is 11.6 Å². The molecule has 0 aliphatic carbocycles. The van der Waals surface area contributed by atoms with Crippen LogP contribution in [0, 0.1) is 6.92 Å². The van der Waals surface area contributed by atoms with E-state index < -0.39 is 0 Å². The van der Waals surface area contributed by atoms with Crippen LogP contribution in [-0.4, -0.2) is 34.8 Å². The Balaban J connectivity index is 2.72. The van der Waals surface area contributed by atoms with Crippen molar-refractivity contribution >= 4 is 11.6 Å². The van der Waals surface area contributed by atoms with Gasteiger partial charge in [0.1, 0.15) is 17.5 Å². The van der Waals surface area contributed by atoms with Crippen LogP contribution in [-0.2, 0) is 6.42 Å². The van der Waals surface area contributed by atoms with Gasteiger partial charge in [-0.1, -0.05) is 13.8 Å². The van der Waals surface area contributed by atoms with Gasteiger partial charge in [0.2, 0.25) is 0 Å². The Morgan fingerprint density at radius 2 is 1.57 bits per heavy atom. The quantitative estimate of drug-likeness (QED) is 0.547. The Morgan fingerprint density at radius 3 is 2.14 bits per heavy atom. The van der Waals surface area contributed by atoms with Crippen molar-refractivity contribution in [1.29, 1.82) is 0 Å². The third-order valence-electron chi connectivity index (χ3n) is 3.34. The molecule has 0 saturated heterocycles. The summed E-state index contributed by atoms with van der Waals surface area (Å²) in [6.07, 6.45) is 5.99. The van der Waals surface area contributed by atoms with Crippen molar-refractivity contribution in [3.05, 3.63) is 11.4 Å². The minimum atomic E-state index is 0.276. The number of anilines is 2. The van der Waals surface area contributed by atoms with Crippen LogP contribution in [0.15, 0.2) is 0 Å². The maximum Gasteiger partial charge on any atom is 0.134 e. The molecule has 0 amide bonds. The lowest BCUT2D eigenvalue weighted by Crippen LogP contribution is -2.12. The van der Waals surface area contributed by atoms with Gasteiger partial charge >= 0.3 is 0 Å². The lowest BCUT2D eigenvalue weighted by Gasteiger charge is -2.15. The van der Waals surface area contributed by atoms with Gasteiger partial charge in [-0.3, -0.25) is 0 Å². The van der Waals surface area contributed by atoms with Gasteiger partial charge in [0, 0.05) is 31.7 Å².